The van der Waals surface area contributed by atoms with Gasteiger partial charge < -0.3 is 0 Å². The molecule has 6 rings (SSSR count). The van der Waals surface area contributed by atoms with E-state index in [4.69, 9.17) is 9.97 Å². The molecule has 0 spiro atoms. The Morgan fingerprint density at radius 3 is 2.23 bits per heavy atom. The summed E-state index contributed by atoms with van der Waals surface area (Å²) in [7, 11) is 0. The number of hydrogen-bond donors (Lipinski definition) is 0. The van der Waals surface area contributed by atoms with Gasteiger partial charge >= 0.3 is 0 Å². The van der Waals surface area contributed by atoms with Crippen LogP contribution in [0.5, 0.6) is 0 Å². The molecule has 0 aliphatic carbocycles. The first-order valence-corrected chi connectivity index (χ1v) is 12.9. The molecule has 0 unspecified atom stereocenters. The smallest absolute Gasteiger partial charge is 0.124 e. The molecule has 0 N–H and O–H groups in total. The Balaban J connectivity index is 1.57. The molecule has 0 amide bonds. The van der Waals surface area contributed by atoms with Gasteiger partial charge in [0.1, 0.15) is 5.01 Å². The quantitative estimate of drug-likeness (QED) is 0.251. The maximum absolute atomic E-state index is 5.07. The minimum Gasteiger partial charge on any atom is -0.256 e. The zero-order chi connectivity index (χ0) is 23.8. The van der Waals surface area contributed by atoms with Crippen LogP contribution in [0.15, 0.2) is 103 Å². The molecule has 4 aromatic carbocycles. The minimum atomic E-state index is 0.632. The van der Waals surface area contributed by atoms with E-state index in [2.05, 4.69) is 105 Å². The third-order valence-corrected chi connectivity index (χ3v) is 7.50. The molecule has 35 heavy (non-hydrogen) atoms. The predicted octanol–water partition coefficient (Wildman–Crippen LogP) is 9.04. The van der Waals surface area contributed by atoms with E-state index < -0.39 is 0 Å². The lowest BCUT2D eigenvalue weighted by Gasteiger charge is -2.11. The molecule has 0 radical (unpaired) electrons. The van der Waals surface area contributed by atoms with Gasteiger partial charge in [-0.25, -0.2) is 4.98 Å². The SMILES string of the molecule is CC(C)Cc1ccc2c(-c3cc(-c4ccccc4)c4sc(-c5ccccc5)nc4c3)nccc2c1. The summed E-state index contributed by atoms with van der Waals surface area (Å²) in [6.45, 7) is 4.53. The van der Waals surface area contributed by atoms with Gasteiger partial charge in [0.2, 0.25) is 0 Å². The summed E-state index contributed by atoms with van der Waals surface area (Å²) >= 11 is 1.76. The van der Waals surface area contributed by atoms with E-state index in [0.29, 0.717) is 5.92 Å². The average molecular weight is 471 g/mol. The van der Waals surface area contributed by atoms with Crippen LogP contribution < -0.4 is 0 Å². The number of aromatic nitrogens is 2. The average Bonchev–Trinajstić information content (AvgIpc) is 3.33. The van der Waals surface area contributed by atoms with Crippen LogP contribution in [0.2, 0.25) is 0 Å². The predicted molar refractivity (Wildman–Crippen MR) is 150 cm³/mol. The summed E-state index contributed by atoms with van der Waals surface area (Å²) in [5.41, 5.74) is 8.04. The number of benzene rings is 4. The standard InChI is InChI=1S/C32H26N2S/c1-21(2)17-22-13-14-27-25(18-22)15-16-33-30(27)26-19-28(23-9-5-3-6-10-23)31-29(20-26)34-32(35-31)24-11-7-4-8-12-24/h3-16,18-21H,17H2,1-2H3. The van der Waals surface area contributed by atoms with E-state index in [1.807, 2.05) is 12.3 Å². The molecule has 0 fully saturated rings. The minimum absolute atomic E-state index is 0.632. The fourth-order valence-electron chi connectivity index (χ4n) is 4.76. The second kappa shape index (κ2) is 9.09. The third kappa shape index (κ3) is 4.24. The van der Waals surface area contributed by atoms with Gasteiger partial charge in [0, 0.05) is 28.3 Å². The lowest BCUT2D eigenvalue weighted by molar-refractivity contribution is 0.648. The molecule has 6 aromatic rings. The zero-order valence-corrected chi connectivity index (χ0v) is 20.7. The van der Waals surface area contributed by atoms with Crippen LogP contribution in [-0.4, -0.2) is 9.97 Å². The summed E-state index contributed by atoms with van der Waals surface area (Å²) in [6.07, 6.45) is 3.01. The molecule has 0 saturated carbocycles. The molecule has 3 heteroatoms. The molecule has 170 valence electrons. The first-order chi connectivity index (χ1) is 17.2. The maximum atomic E-state index is 5.07. The summed E-state index contributed by atoms with van der Waals surface area (Å²) in [6, 6.07) is 34.4. The van der Waals surface area contributed by atoms with Crippen molar-refractivity contribution >= 4 is 32.3 Å². The first kappa shape index (κ1) is 21.7. The van der Waals surface area contributed by atoms with E-state index >= 15 is 0 Å². The lowest BCUT2D eigenvalue weighted by Crippen LogP contribution is -1.94. The van der Waals surface area contributed by atoms with Crippen molar-refractivity contribution in [2.45, 2.75) is 20.3 Å². The van der Waals surface area contributed by atoms with E-state index in [0.717, 1.165) is 33.8 Å². The highest BCUT2D eigenvalue weighted by molar-refractivity contribution is 7.22. The van der Waals surface area contributed by atoms with Crippen LogP contribution in [0.25, 0.3) is 53.9 Å². The van der Waals surface area contributed by atoms with Gasteiger partial charge in [-0.2, -0.15) is 0 Å². The molecule has 2 heterocycles. The highest BCUT2D eigenvalue weighted by Crippen LogP contribution is 2.40. The molecule has 0 saturated heterocycles. The molecule has 0 aliphatic heterocycles. The Hall–Kier alpha value is -3.82. The van der Waals surface area contributed by atoms with Crippen molar-refractivity contribution in [1.29, 1.82) is 0 Å². The van der Waals surface area contributed by atoms with E-state index in [1.165, 1.54) is 32.2 Å². The topological polar surface area (TPSA) is 25.8 Å². The molecule has 2 aromatic heterocycles. The van der Waals surface area contributed by atoms with Gasteiger partial charge in [-0.1, -0.05) is 92.7 Å². The van der Waals surface area contributed by atoms with Gasteiger partial charge in [-0.15, -0.1) is 11.3 Å². The van der Waals surface area contributed by atoms with Crippen LogP contribution in [0.3, 0.4) is 0 Å². The van der Waals surface area contributed by atoms with Gasteiger partial charge in [-0.3, -0.25) is 4.98 Å². The van der Waals surface area contributed by atoms with Gasteiger partial charge in [0.15, 0.2) is 0 Å². The molecule has 2 nitrogen and oxygen atoms in total. The second-order valence-corrected chi connectivity index (χ2v) is 10.4. The van der Waals surface area contributed by atoms with Crippen molar-refractivity contribution in [2.75, 3.05) is 0 Å². The Bertz CT molecular complexity index is 1630. The molecule has 0 atom stereocenters. The largest absolute Gasteiger partial charge is 0.256 e. The highest BCUT2D eigenvalue weighted by Gasteiger charge is 2.16. The van der Waals surface area contributed by atoms with E-state index in [9.17, 15) is 0 Å². The Morgan fingerprint density at radius 1 is 0.743 bits per heavy atom. The van der Waals surface area contributed by atoms with Crippen molar-refractivity contribution in [3.8, 4) is 33.0 Å². The third-order valence-electron chi connectivity index (χ3n) is 6.34. The van der Waals surface area contributed by atoms with Crippen LogP contribution in [0, 0.1) is 5.92 Å². The van der Waals surface area contributed by atoms with E-state index in [1.54, 1.807) is 11.3 Å². The van der Waals surface area contributed by atoms with Crippen molar-refractivity contribution < 1.29 is 0 Å². The summed E-state index contributed by atoms with van der Waals surface area (Å²) in [5, 5.41) is 3.45. The Kier molecular flexibility index (Phi) is 5.63. The molecule has 0 bridgehead atoms. The van der Waals surface area contributed by atoms with Crippen LogP contribution in [0.1, 0.15) is 19.4 Å². The number of hydrogen-bond acceptors (Lipinski definition) is 3. The van der Waals surface area contributed by atoms with Crippen LogP contribution in [-0.2, 0) is 6.42 Å². The van der Waals surface area contributed by atoms with Gasteiger partial charge in [-0.05, 0) is 47.1 Å². The van der Waals surface area contributed by atoms with Gasteiger partial charge in [0.05, 0.1) is 15.9 Å². The van der Waals surface area contributed by atoms with Crippen molar-refractivity contribution in [1.82, 2.24) is 9.97 Å². The first-order valence-electron chi connectivity index (χ1n) is 12.1. The van der Waals surface area contributed by atoms with Crippen molar-refractivity contribution in [3.63, 3.8) is 0 Å². The number of fused-ring (bicyclic) bond motifs is 2. The normalized spacial score (nSPS) is 11.5. The Labute approximate surface area is 210 Å². The van der Waals surface area contributed by atoms with Crippen molar-refractivity contribution in [2.24, 2.45) is 5.92 Å². The lowest BCUT2D eigenvalue weighted by atomic mass is 9.96. The number of pyridine rings is 1. The summed E-state index contributed by atoms with van der Waals surface area (Å²) < 4.78 is 1.21. The van der Waals surface area contributed by atoms with Crippen LogP contribution >= 0.6 is 11.3 Å². The molecule has 0 aliphatic rings. The van der Waals surface area contributed by atoms with Crippen molar-refractivity contribution in [3.05, 3.63) is 109 Å². The second-order valence-electron chi connectivity index (χ2n) is 9.44. The zero-order valence-electron chi connectivity index (χ0n) is 19.9. The molecular formula is C32H26N2S. The fraction of sp³-hybridized carbons (Fsp3) is 0.125. The highest BCUT2D eigenvalue weighted by atomic mass is 32.1. The molecular weight excluding hydrogens is 444 g/mol. The number of rotatable bonds is 5. The number of thiazole rings is 1. The fourth-order valence-corrected chi connectivity index (χ4v) is 5.85. The summed E-state index contributed by atoms with van der Waals surface area (Å²) in [4.78, 5) is 9.92. The number of nitrogens with zero attached hydrogens (tertiary/aromatic N) is 2. The maximum Gasteiger partial charge on any atom is 0.124 e. The van der Waals surface area contributed by atoms with E-state index in [-0.39, 0.29) is 0 Å². The Morgan fingerprint density at radius 2 is 1.49 bits per heavy atom. The van der Waals surface area contributed by atoms with Gasteiger partial charge in [0.25, 0.3) is 0 Å². The monoisotopic (exact) mass is 470 g/mol. The van der Waals surface area contributed by atoms with Crippen LogP contribution in [0.4, 0.5) is 0 Å². The summed E-state index contributed by atoms with van der Waals surface area (Å²) in [5.74, 6) is 0.632.